The third-order valence-corrected chi connectivity index (χ3v) is 13.0. The summed E-state index contributed by atoms with van der Waals surface area (Å²) in [4.78, 5) is 38.1. The van der Waals surface area contributed by atoms with Gasteiger partial charge in [0.05, 0.1) is 0 Å². The van der Waals surface area contributed by atoms with Gasteiger partial charge in [-0.1, -0.05) is 279 Å². The monoisotopic (exact) mass is 891 g/mol. The van der Waals surface area contributed by atoms with Crippen LogP contribution in [0, 0.1) is 11.8 Å². The lowest BCUT2D eigenvalue weighted by Crippen LogP contribution is -2.30. The molecule has 0 N–H and O–H groups in total. The molecule has 0 aliphatic rings. The Morgan fingerprint density at radius 2 is 0.524 bits per heavy atom. The Bertz CT molecular complexity index is 962. The van der Waals surface area contributed by atoms with Crippen LogP contribution in [0.5, 0.6) is 0 Å². The number of rotatable bonds is 51. The van der Waals surface area contributed by atoms with Crippen LogP contribution in [0.4, 0.5) is 0 Å². The van der Waals surface area contributed by atoms with Crippen molar-refractivity contribution in [1.29, 1.82) is 0 Å². The Kier molecular flexibility index (Phi) is 48.6. The van der Waals surface area contributed by atoms with Crippen LogP contribution in [0.15, 0.2) is 0 Å². The minimum atomic E-state index is -0.763. The fraction of sp³-hybridized carbons (Fsp3) is 0.947. The summed E-state index contributed by atoms with van der Waals surface area (Å²) in [5.41, 5.74) is 0. The first kappa shape index (κ1) is 61.4. The van der Waals surface area contributed by atoms with Gasteiger partial charge >= 0.3 is 17.9 Å². The van der Waals surface area contributed by atoms with Crippen LogP contribution >= 0.6 is 0 Å². The maximum Gasteiger partial charge on any atom is 0.306 e. The summed E-state index contributed by atoms with van der Waals surface area (Å²) in [6.07, 6.45) is 52.4. The molecule has 6 nitrogen and oxygen atoms in total. The topological polar surface area (TPSA) is 78.9 Å². The Morgan fingerprint density at radius 3 is 0.778 bits per heavy atom. The summed E-state index contributed by atoms with van der Waals surface area (Å²) in [6, 6.07) is 0. The zero-order valence-electron chi connectivity index (χ0n) is 43.2. The first-order valence-electron chi connectivity index (χ1n) is 28.2. The molecule has 6 heteroatoms. The van der Waals surface area contributed by atoms with Crippen molar-refractivity contribution >= 4 is 17.9 Å². The molecule has 0 amide bonds. The molecule has 0 fully saturated rings. The second-order valence-electron chi connectivity index (χ2n) is 20.5. The molecule has 0 heterocycles. The van der Waals surface area contributed by atoms with Crippen LogP contribution in [0.2, 0.25) is 0 Å². The molecule has 0 saturated carbocycles. The molecule has 0 saturated heterocycles. The molecule has 0 aromatic rings. The zero-order chi connectivity index (χ0) is 46.1. The standard InChI is InChI=1S/C57H110O6/c1-6-7-8-9-10-11-12-13-14-15-16-17-20-23-26-32-37-42-47-55(58)61-50-54(51-62-56(59)48-43-38-33-29-28-31-36-41-46-53(4)5)63-57(60)49-44-39-34-27-24-21-18-19-22-25-30-35-40-45-52(2)3/h52-54H,6-51H2,1-5H3/t54-/m1/s1. The number of unbranched alkanes of at least 4 members (excludes halogenated alkanes) is 36. The quantitative estimate of drug-likeness (QED) is 0.0344. The van der Waals surface area contributed by atoms with E-state index in [9.17, 15) is 14.4 Å². The van der Waals surface area contributed by atoms with Gasteiger partial charge < -0.3 is 14.2 Å². The van der Waals surface area contributed by atoms with Gasteiger partial charge in [0.25, 0.3) is 0 Å². The molecule has 1 atom stereocenters. The first-order chi connectivity index (χ1) is 30.7. The Hall–Kier alpha value is -1.59. The summed E-state index contributed by atoms with van der Waals surface area (Å²) < 4.78 is 16.9. The summed E-state index contributed by atoms with van der Waals surface area (Å²) in [7, 11) is 0. The average Bonchev–Trinajstić information content (AvgIpc) is 3.25. The zero-order valence-corrected chi connectivity index (χ0v) is 43.2. The van der Waals surface area contributed by atoms with Crippen LogP contribution in [0.25, 0.3) is 0 Å². The summed E-state index contributed by atoms with van der Waals surface area (Å²) in [6.45, 7) is 11.4. The van der Waals surface area contributed by atoms with Gasteiger partial charge in [0.1, 0.15) is 13.2 Å². The third-order valence-electron chi connectivity index (χ3n) is 13.0. The van der Waals surface area contributed by atoms with Crippen molar-refractivity contribution in [3.8, 4) is 0 Å². The number of carbonyl (C=O) groups excluding carboxylic acids is 3. The van der Waals surface area contributed by atoms with E-state index in [2.05, 4.69) is 34.6 Å². The van der Waals surface area contributed by atoms with Crippen molar-refractivity contribution in [2.75, 3.05) is 13.2 Å². The highest BCUT2D eigenvalue weighted by Crippen LogP contribution is 2.18. The van der Waals surface area contributed by atoms with Crippen molar-refractivity contribution in [2.24, 2.45) is 11.8 Å². The molecule has 0 aliphatic carbocycles. The summed E-state index contributed by atoms with van der Waals surface area (Å²) in [5.74, 6) is 0.791. The van der Waals surface area contributed by atoms with Gasteiger partial charge in [-0.05, 0) is 31.1 Å². The Balaban J connectivity index is 4.27. The molecule has 0 bridgehead atoms. The minimum absolute atomic E-state index is 0.0633. The van der Waals surface area contributed by atoms with Gasteiger partial charge in [0.2, 0.25) is 0 Å². The summed E-state index contributed by atoms with van der Waals surface area (Å²) in [5, 5.41) is 0. The lowest BCUT2D eigenvalue weighted by Gasteiger charge is -2.18. The van der Waals surface area contributed by atoms with Crippen molar-refractivity contribution in [3.05, 3.63) is 0 Å². The van der Waals surface area contributed by atoms with Gasteiger partial charge in [0.15, 0.2) is 6.10 Å². The van der Waals surface area contributed by atoms with E-state index >= 15 is 0 Å². The predicted molar refractivity (Wildman–Crippen MR) is 270 cm³/mol. The second kappa shape index (κ2) is 49.8. The second-order valence-corrected chi connectivity index (χ2v) is 20.5. The lowest BCUT2D eigenvalue weighted by atomic mass is 10.0. The van der Waals surface area contributed by atoms with E-state index in [1.807, 2.05) is 0 Å². The van der Waals surface area contributed by atoms with Crippen molar-refractivity contribution in [3.63, 3.8) is 0 Å². The molecule has 0 radical (unpaired) electrons. The number of hydrogen-bond acceptors (Lipinski definition) is 6. The first-order valence-corrected chi connectivity index (χ1v) is 28.2. The van der Waals surface area contributed by atoms with E-state index in [4.69, 9.17) is 14.2 Å². The Labute approximate surface area is 393 Å². The molecular formula is C57H110O6. The van der Waals surface area contributed by atoms with Gasteiger partial charge in [-0.3, -0.25) is 14.4 Å². The van der Waals surface area contributed by atoms with Crippen molar-refractivity contribution in [2.45, 2.75) is 323 Å². The molecule has 0 aliphatic heterocycles. The predicted octanol–water partition coefficient (Wildman–Crippen LogP) is 18.5. The molecule has 0 aromatic heterocycles. The fourth-order valence-corrected chi connectivity index (χ4v) is 8.70. The molecule has 63 heavy (non-hydrogen) atoms. The fourth-order valence-electron chi connectivity index (χ4n) is 8.70. The number of ether oxygens (including phenoxy) is 3. The molecule has 0 unspecified atom stereocenters. The number of hydrogen-bond donors (Lipinski definition) is 0. The van der Waals surface area contributed by atoms with Gasteiger partial charge in [-0.25, -0.2) is 0 Å². The van der Waals surface area contributed by atoms with Crippen LogP contribution in [-0.2, 0) is 28.6 Å². The molecule has 374 valence electrons. The van der Waals surface area contributed by atoms with E-state index in [0.717, 1.165) is 69.6 Å². The number of carbonyl (C=O) groups is 3. The highest BCUT2D eigenvalue weighted by molar-refractivity contribution is 5.71. The largest absolute Gasteiger partial charge is 0.462 e. The molecule has 0 rings (SSSR count). The normalized spacial score (nSPS) is 12.0. The van der Waals surface area contributed by atoms with Crippen LogP contribution in [0.1, 0.15) is 317 Å². The highest BCUT2D eigenvalue weighted by atomic mass is 16.6. The van der Waals surface area contributed by atoms with Crippen molar-refractivity contribution < 1.29 is 28.6 Å². The van der Waals surface area contributed by atoms with Gasteiger partial charge in [-0.2, -0.15) is 0 Å². The van der Waals surface area contributed by atoms with E-state index in [0.29, 0.717) is 19.3 Å². The minimum Gasteiger partial charge on any atom is -0.462 e. The van der Waals surface area contributed by atoms with Crippen LogP contribution in [-0.4, -0.2) is 37.2 Å². The Morgan fingerprint density at radius 1 is 0.302 bits per heavy atom. The van der Waals surface area contributed by atoms with Crippen LogP contribution in [0.3, 0.4) is 0 Å². The molecular weight excluding hydrogens is 781 g/mol. The third kappa shape index (κ3) is 51.3. The van der Waals surface area contributed by atoms with E-state index in [1.165, 1.54) is 205 Å². The SMILES string of the molecule is CCCCCCCCCCCCCCCCCCCCC(=O)OC[C@H](COC(=O)CCCCCCCCCCC(C)C)OC(=O)CCCCCCCCCCCCCCCC(C)C. The lowest BCUT2D eigenvalue weighted by molar-refractivity contribution is -0.167. The van der Waals surface area contributed by atoms with Gasteiger partial charge in [0, 0.05) is 19.3 Å². The maximum absolute atomic E-state index is 12.8. The smallest absolute Gasteiger partial charge is 0.306 e. The average molecular weight is 892 g/mol. The van der Waals surface area contributed by atoms with E-state index in [1.54, 1.807) is 0 Å². The number of esters is 3. The maximum atomic E-state index is 12.8. The van der Waals surface area contributed by atoms with Crippen LogP contribution < -0.4 is 0 Å². The highest BCUT2D eigenvalue weighted by Gasteiger charge is 2.19. The molecule has 0 aromatic carbocycles. The molecule has 0 spiro atoms. The van der Waals surface area contributed by atoms with Crippen molar-refractivity contribution in [1.82, 2.24) is 0 Å². The van der Waals surface area contributed by atoms with E-state index in [-0.39, 0.29) is 31.1 Å². The van der Waals surface area contributed by atoms with E-state index < -0.39 is 6.10 Å². The van der Waals surface area contributed by atoms with Gasteiger partial charge in [-0.15, -0.1) is 0 Å². The summed E-state index contributed by atoms with van der Waals surface area (Å²) >= 11 is 0.